The van der Waals surface area contributed by atoms with Crippen molar-refractivity contribution in [2.45, 2.75) is 6.61 Å². The van der Waals surface area contributed by atoms with Crippen LogP contribution in [0.1, 0.15) is 11.1 Å². The summed E-state index contributed by atoms with van der Waals surface area (Å²) >= 11 is 0. The first-order valence-electron chi connectivity index (χ1n) is 5.60. The Kier molecular flexibility index (Phi) is 4.34. The van der Waals surface area contributed by atoms with Crippen LogP contribution in [0.3, 0.4) is 0 Å². The maximum absolute atomic E-state index is 8.64. The minimum atomic E-state index is -0.138. The Bertz CT molecular complexity index is 555. The summed E-state index contributed by atoms with van der Waals surface area (Å²) in [5.74, 6) is 6.20. The second-order valence-electron chi connectivity index (χ2n) is 3.64. The second kappa shape index (κ2) is 6.43. The highest BCUT2D eigenvalue weighted by molar-refractivity contribution is 5.39. The highest BCUT2D eigenvalue weighted by Crippen LogP contribution is 2.14. The molecule has 0 spiro atoms. The van der Waals surface area contributed by atoms with Gasteiger partial charge in [0.15, 0.2) is 0 Å². The molecule has 0 saturated carbocycles. The molecule has 3 heteroatoms. The maximum atomic E-state index is 8.64. The summed E-state index contributed by atoms with van der Waals surface area (Å²) in [6.07, 6.45) is 3.50. The topological polar surface area (TPSA) is 42.4 Å². The van der Waals surface area contributed by atoms with E-state index in [4.69, 9.17) is 9.84 Å². The number of ether oxygens (including phenoxy) is 1. The zero-order valence-corrected chi connectivity index (χ0v) is 9.84. The largest absolute Gasteiger partial charge is 0.489 e. The van der Waals surface area contributed by atoms with Crippen molar-refractivity contribution in [2.75, 3.05) is 6.61 Å². The molecule has 1 aromatic carbocycles. The van der Waals surface area contributed by atoms with Crippen LogP contribution in [0.2, 0.25) is 0 Å². The van der Waals surface area contributed by atoms with Gasteiger partial charge in [-0.15, -0.1) is 0 Å². The highest BCUT2D eigenvalue weighted by Gasteiger charge is 1.96. The van der Waals surface area contributed by atoms with E-state index >= 15 is 0 Å². The third-order valence-electron chi connectivity index (χ3n) is 2.27. The monoisotopic (exact) mass is 239 g/mol. The minimum Gasteiger partial charge on any atom is -0.489 e. The van der Waals surface area contributed by atoms with Crippen molar-refractivity contribution in [2.24, 2.45) is 0 Å². The molecule has 0 bridgehead atoms. The van der Waals surface area contributed by atoms with Gasteiger partial charge in [-0.2, -0.15) is 0 Å². The van der Waals surface area contributed by atoms with Crippen molar-refractivity contribution in [3.05, 3.63) is 59.9 Å². The number of aliphatic hydroxyl groups is 1. The summed E-state index contributed by atoms with van der Waals surface area (Å²) < 4.78 is 5.64. The van der Waals surface area contributed by atoms with Gasteiger partial charge in [0.2, 0.25) is 0 Å². The van der Waals surface area contributed by atoms with Gasteiger partial charge in [0, 0.05) is 23.5 Å². The number of rotatable bonds is 3. The molecule has 90 valence electrons. The fourth-order valence-electron chi connectivity index (χ4n) is 1.46. The zero-order chi connectivity index (χ0) is 12.6. The van der Waals surface area contributed by atoms with E-state index in [9.17, 15) is 0 Å². The van der Waals surface area contributed by atoms with E-state index in [1.807, 2.05) is 36.4 Å². The number of hydrogen-bond acceptors (Lipinski definition) is 3. The third kappa shape index (κ3) is 3.62. The zero-order valence-electron chi connectivity index (χ0n) is 9.84. The molecule has 0 amide bonds. The second-order valence-corrected chi connectivity index (χ2v) is 3.64. The average molecular weight is 239 g/mol. The van der Waals surface area contributed by atoms with Crippen LogP contribution >= 0.6 is 0 Å². The molecule has 0 atom stereocenters. The minimum absolute atomic E-state index is 0.138. The predicted molar refractivity (Wildman–Crippen MR) is 69.0 cm³/mol. The lowest BCUT2D eigenvalue weighted by Crippen LogP contribution is -1.95. The molecule has 0 aliphatic rings. The molecule has 0 fully saturated rings. The van der Waals surface area contributed by atoms with Crippen molar-refractivity contribution < 1.29 is 9.84 Å². The fourth-order valence-corrected chi connectivity index (χ4v) is 1.46. The van der Waals surface area contributed by atoms with Gasteiger partial charge in [-0.3, -0.25) is 4.98 Å². The van der Waals surface area contributed by atoms with Crippen LogP contribution in [0.15, 0.2) is 48.8 Å². The van der Waals surface area contributed by atoms with Crippen molar-refractivity contribution in [3.63, 3.8) is 0 Å². The number of pyridine rings is 1. The number of aliphatic hydroxyl groups excluding tert-OH is 1. The van der Waals surface area contributed by atoms with E-state index < -0.39 is 0 Å². The van der Waals surface area contributed by atoms with E-state index in [1.54, 1.807) is 12.4 Å². The molecule has 18 heavy (non-hydrogen) atoms. The van der Waals surface area contributed by atoms with E-state index in [0.29, 0.717) is 6.61 Å². The molecule has 0 aliphatic heterocycles. The van der Waals surface area contributed by atoms with Crippen LogP contribution < -0.4 is 4.74 Å². The van der Waals surface area contributed by atoms with Gasteiger partial charge in [0.05, 0.1) is 0 Å². The van der Waals surface area contributed by atoms with Gasteiger partial charge >= 0.3 is 0 Å². The molecule has 1 heterocycles. The lowest BCUT2D eigenvalue weighted by Gasteiger charge is -2.05. The quantitative estimate of drug-likeness (QED) is 0.833. The summed E-state index contributed by atoms with van der Waals surface area (Å²) in [4.78, 5) is 4.02. The van der Waals surface area contributed by atoms with Gasteiger partial charge in [-0.25, -0.2) is 0 Å². The van der Waals surface area contributed by atoms with E-state index in [-0.39, 0.29) is 6.61 Å². The molecular formula is C15H13NO2. The first-order chi connectivity index (χ1) is 8.88. The highest BCUT2D eigenvalue weighted by atomic mass is 16.5. The summed E-state index contributed by atoms with van der Waals surface area (Å²) in [7, 11) is 0. The molecule has 0 radical (unpaired) electrons. The summed E-state index contributed by atoms with van der Waals surface area (Å²) in [6.45, 7) is 0.339. The van der Waals surface area contributed by atoms with Gasteiger partial charge < -0.3 is 9.84 Å². The standard InChI is InChI=1S/C15H13NO2/c17-9-3-6-13-4-1-7-15(10-13)18-12-14-5-2-8-16-11-14/h1-2,4-5,7-8,10-11,17H,9,12H2. The van der Waals surface area contributed by atoms with Crippen LogP contribution in [-0.4, -0.2) is 16.7 Å². The Hall–Kier alpha value is -2.31. The summed E-state index contributed by atoms with van der Waals surface area (Å²) in [6, 6.07) is 11.3. The SMILES string of the molecule is OCC#Cc1cccc(OCc2cccnc2)c1. The van der Waals surface area contributed by atoms with Crippen LogP contribution in [0.5, 0.6) is 5.75 Å². The van der Waals surface area contributed by atoms with Crippen LogP contribution in [0, 0.1) is 11.8 Å². The Balaban J connectivity index is 2.01. The van der Waals surface area contributed by atoms with Crippen LogP contribution in [0.4, 0.5) is 0 Å². The lowest BCUT2D eigenvalue weighted by atomic mass is 10.2. The lowest BCUT2D eigenvalue weighted by molar-refractivity contribution is 0.305. The van der Waals surface area contributed by atoms with Crippen molar-refractivity contribution in [1.29, 1.82) is 0 Å². The van der Waals surface area contributed by atoms with Crippen molar-refractivity contribution in [1.82, 2.24) is 4.98 Å². The fraction of sp³-hybridized carbons (Fsp3) is 0.133. The molecule has 2 rings (SSSR count). The molecule has 0 saturated heterocycles. The van der Waals surface area contributed by atoms with E-state index in [1.165, 1.54) is 0 Å². The Morgan fingerprint density at radius 3 is 2.94 bits per heavy atom. The summed E-state index contributed by atoms with van der Waals surface area (Å²) in [5.41, 5.74) is 1.84. The molecule has 0 unspecified atom stereocenters. The first-order valence-corrected chi connectivity index (χ1v) is 5.60. The molecule has 1 N–H and O–H groups in total. The van der Waals surface area contributed by atoms with Crippen LogP contribution in [-0.2, 0) is 6.61 Å². The van der Waals surface area contributed by atoms with Gasteiger partial charge in [-0.1, -0.05) is 24.0 Å². The molecule has 3 nitrogen and oxygen atoms in total. The van der Waals surface area contributed by atoms with Crippen molar-refractivity contribution >= 4 is 0 Å². The maximum Gasteiger partial charge on any atom is 0.121 e. The average Bonchev–Trinajstić information content (AvgIpc) is 2.44. The predicted octanol–water partition coefficient (Wildman–Crippen LogP) is 2.00. The van der Waals surface area contributed by atoms with Gasteiger partial charge in [0.1, 0.15) is 19.0 Å². The number of hydrogen-bond donors (Lipinski definition) is 1. The van der Waals surface area contributed by atoms with Crippen LogP contribution in [0.25, 0.3) is 0 Å². The smallest absolute Gasteiger partial charge is 0.121 e. The Morgan fingerprint density at radius 2 is 2.17 bits per heavy atom. The van der Waals surface area contributed by atoms with Crippen molar-refractivity contribution in [3.8, 4) is 17.6 Å². The third-order valence-corrected chi connectivity index (χ3v) is 2.27. The summed E-state index contributed by atoms with van der Waals surface area (Å²) in [5, 5.41) is 8.64. The normalized spacial score (nSPS) is 9.39. The molecule has 1 aromatic heterocycles. The number of benzene rings is 1. The Morgan fingerprint density at radius 1 is 1.22 bits per heavy atom. The molecule has 2 aromatic rings. The first kappa shape index (κ1) is 12.2. The Labute approximate surface area is 106 Å². The van der Waals surface area contributed by atoms with Gasteiger partial charge in [-0.05, 0) is 24.3 Å². The van der Waals surface area contributed by atoms with Gasteiger partial charge in [0.25, 0.3) is 0 Å². The number of aromatic nitrogens is 1. The number of nitrogens with zero attached hydrogens (tertiary/aromatic N) is 1. The molecule has 0 aliphatic carbocycles. The molecular weight excluding hydrogens is 226 g/mol. The van der Waals surface area contributed by atoms with E-state index in [0.717, 1.165) is 16.9 Å². The van der Waals surface area contributed by atoms with E-state index in [2.05, 4.69) is 16.8 Å².